The van der Waals surface area contributed by atoms with Crippen LogP contribution in [0, 0.1) is 18.3 Å². The minimum Gasteiger partial charge on any atom is -0.507 e. The van der Waals surface area contributed by atoms with Gasteiger partial charge in [-0.2, -0.15) is 5.26 Å². The van der Waals surface area contributed by atoms with E-state index < -0.39 is 12.1 Å². The summed E-state index contributed by atoms with van der Waals surface area (Å²) in [6, 6.07) is 6.55. The van der Waals surface area contributed by atoms with Crippen molar-refractivity contribution in [3.05, 3.63) is 29.3 Å². The van der Waals surface area contributed by atoms with E-state index >= 15 is 0 Å². The predicted octanol–water partition coefficient (Wildman–Crippen LogP) is 1.77. The fraction of sp³-hybridized carbons (Fsp3) is 0.273. The number of nitriles is 1. The molecule has 0 bridgehead atoms. The minimum atomic E-state index is -0.822. The zero-order valence-electron chi connectivity index (χ0n) is 8.52. The first-order valence-corrected chi connectivity index (χ1v) is 4.45. The molecule has 0 saturated carbocycles. The molecule has 0 aromatic heterocycles. The maximum Gasteiger partial charge on any atom is 0.343 e. The molecule has 0 aliphatic heterocycles. The lowest BCUT2D eigenvalue weighted by molar-refractivity contribution is 0.0432. The van der Waals surface area contributed by atoms with E-state index in [9.17, 15) is 9.90 Å². The maximum absolute atomic E-state index is 11.5. The number of carbonyl (C=O) groups is 1. The Morgan fingerprint density at radius 3 is 2.87 bits per heavy atom. The molecule has 78 valence electrons. The number of nitrogens with zero attached hydrogens (tertiary/aromatic N) is 1. The Hall–Kier alpha value is -2.02. The van der Waals surface area contributed by atoms with Crippen LogP contribution in [0.3, 0.4) is 0 Å². The Bertz CT molecular complexity index is 420. The Labute approximate surface area is 87.7 Å². The minimum absolute atomic E-state index is 0.0806. The molecule has 1 rings (SSSR count). The second kappa shape index (κ2) is 4.47. The fourth-order valence-corrected chi connectivity index (χ4v) is 1.07. The molecule has 4 heteroatoms. The second-order valence-corrected chi connectivity index (χ2v) is 3.15. The molecule has 0 heterocycles. The third-order valence-electron chi connectivity index (χ3n) is 1.92. The van der Waals surface area contributed by atoms with Gasteiger partial charge in [0.15, 0.2) is 6.10 Å². The van der Waals surface area contributed by atoms with Gasteiger partial charge in [-0.25, -0.2) is 4.79 Å². The maximum atomic E-state index is 11.5. The zero-order chi connectivity index (χ0) is 11.4. The number of hydrogen-bond acceptors (Lipinski definition) is 4. The molecule has 0 spiro atoms. The largest absolute Gasteiger partial charge is 0.507 e. The number of carbonyl (C=O) groups excluding carboxylic acids is 1. The molecular weight excluding hydrogens is 194 g/mol. The molecule has 0 fully saturated rings. The highest BCUT2D eigenvalue weighted by Gasteiger charge is 2.16. The van der Waals surface area contributed by atoms with Crippen LogP contribution in [0.1, 0.15) is 22.8 Å². The Morgan fingerprint density at radius 1 is 1.60 bits per heavy atom. The van der Waals surface area contributed by atoms with Gasteiger partial charge in [0, 0.05) is 0 Å². The Morgan fingerprint density at radius 2 is 2.27 bits per heavy atom. The van der Waals surface area contributed by atoms with Crippen LogP contribution in [0.4, 0.5) is 0 Å². The number of para-hydroxylation sites is 1. The van der Waals surface area contributed by atoms with Crippen LogP contribution in [0.25, 0.3) is 0 Å². The fourth-order valence-electron chi connectivity index (χ4n) is 1.07. The normalized spacial score (nSPS) is 11.5. The zero-order valence-corrected chi connectivity index (χ0v) is 8.52. The van der Waals surface area contributed by atoms with E-state index in [0.717, 1.165) is 0 Å². The van der Waals surface area contributed by atoms with Gasteiger partial charge in [0.2, 0.25) is 0 Å². The van der Waals surface area contributed by atoms with E-state index in [-0.39, 0.29) is 11.3 Å². The molecule has 4 nitrogen and oxygen atoms in total. The van der Waals surface area contributed by atoms with Crippen LogP contribution in [0.15, 0.2) is 18.2 Å². The molecule has 0 aliphatic carbocycles. The third kappa shape index (κ3) is 2.47. The Kier molecular flexibility index (Phi) is 3.29. The lowest BCUT2D eigenvalue weighted by atomic mass is 10.1. The summed E-state index contributed by atoms with van der Waals surface area (Å²) in [5.41, 5.74) is 0.672. The number of aryl methyl sites for hydroxylation is 1. The van der Waals surface area contributed by atoms with Gasteiger partial charge in [-0.3, -0.25) is 0 Å². The molecule has 1 atom stereocenters. The summed E-state index contributed by atoms with van der Waals surface area (Å²) < 4.78 is 4.76. The highest BCUT2D eigenvalue weighted by molar-refractivity contribution is 5.93. The summed E-state index contributed by atoms with van der Waals surface area (Å²) in [5, 5.41) is 18.0. The summed E-state index contributed by atoms with van der Waals surface area (Å²) in [7, 11) is 0. The lowest BCUT2D eigenvalue weighted by Gasteiger charge is -2.08. The lowest BCUT2D eigenvalue weighted by Crippen LogP contribution is -2.13. The van der Waals surface area contributed by atoms with Crippen LogP contribution in [-0.4, -0.2) is 17.2 Å². The van der Waals surface area contributed by atoms with Crippen molar-refractivity contribution < 1.29 is 14.6 Å². The van der Waals surface area contributed by atoms with E-state index in [1.165, 1.54) is 13.0 Å². The number of phenolic OH excluding ortho intramolecular Hbond substituents is 1. The molecule has 0 aliphatic rings. The van der Waals surface area contributed by atoms with Gasteiger partial charge in [-0.05, 0) is 25.5 Å². The van der Waals surface area contributed by atoms with Crippen molar-refractivity contribution in [1.82, 2.24) is 0 Å². The van der Waals surface area contributed by atoms with Crippen molar-refractivity contribution in [2.75, 3.05) is 0 Å². The standard InChI is InChI=1S/C11H11NO3/c1-7-4-3-5-9(10(7)13)11(14)15-8(2)6-12/h3-5,8,13H,1-2H3/t8-/m1/s1. The number of benzene rings is 1. The van der Waals surface area contributed by atoms with Crippen LogP contribution < -0.4 is 0 Å². The quantitative estimate of drug-likeness (QED) is 0.747. The predicted molar refractivity (Wildman–Crippen MR) is 53.3 cm³/mol. The van der Waals surface area contributed by atoms with Crippen LogP contribution in [-0.2, 0) is 4.74 Å². The summed E-state index contributed by atoms with van der Waals surface area (Å²) in [6.45, 7) is 3.14. The van der Waals surface area contributed by atoms with Gasteiger partial charge in [0.1, 0.15) is 17.4 Å². The van der Waals surface area contributed by atoms with Gasteiger partial charge < -0.3 is 9.84 Å². The number of rotatable bonds is 2. The van der Waals surface area contributed by atoms with Gasteiger partial charge in [0.25, 0.3) is 0 Å². The number of esters is 1. The molecule has 0 saturated heterocycles. The van der Waals surface area contributed by atoms with Crippen molar-refractivity contribution in [2.24, 2.45) is 0 Å². The number of ether oxygens (including phenoxy) is 1. The molecular formula is C11H11NO3. The van der Waals surface area contributed by atoms with Crippen LogP contribution in [0.5, 0.6) is 5.75 Å². The highest BCUT2D eigenvalue weighted by Crippen LogP contribution is 2.22. The molecule has 15 heavy (non-hydrogen) atoms. The summed E-state index contributed by atoms with van der Waals surface area (Å²) in [6.07, 6.45) is -0.822. The number of hydrogen-bond donors (Lipinski definition) is 1. The molecule has 1 N–H and O–H groups in total. The molecule has 1 aromatic carbocycles. The van der Waals surface area contributed by atoms with Gasteiger partial charge >= 0.3 is 5.97 Å². The van der Waals surface area contributed by atoms with Crippen molar-refractivity contribution in [2.45, 2.75) is 20.0 Å². The first-order valence-electron chi connectivity index (χ1n) is 4.45. The Balaban J connectivity index is 2.93. The molecule has 1 aromatic rings. The van der Waals surface area contributed by atoms with Gasteiger partial charge in [-0.15, -0.1) is 0 Å². The van der Waals surface area contributed by atoms with E-state index in [2.05, 4.69) is 0 Å². The van der Waals surface area contributed by atoms with E-state index in [4.69, 9.17) is 10.00 Å². The first-order chi connectivity index (χ1) is 7.06. The smallest absolute Gasteiger partial charge is 0.343 e. The number of phenols is 1. The highest BCUT2D eigenvalue weighted by atomic mass is 16.5. The van der Waals surface area contributed by atoms with Crippen molar-refractivity contribution in [1.29, 1.82) is 5.26 Å². The second-order valence-electron chi connectivity index (χ2n) is 3.15. The third-order valence-corrected chi connectivity index (χ3v) is 1.92. The summed E-state index contributed by atoms with van der Waals surface area (Å²) in [4.78, 5) is 11.5. The van der Waals surface area contributed by atoms with E-state index in [0.29, 0.717) is 5.56 Å². The van der Waals surface area contributed by atoms with Crippen molar-refractivity contribution in [3.63, 3.8) is 0 Å². The van der Waals surface area contributed by atoms with Gasteiger partial charge in [0.05, 0.1) is 0 Å². The molecule has 0 unspecified atom stereocenters. The summed E-state index contributed by atoms with van der Waals surface area (Å²) >= 11 is 0. The molecule has 0 radical (unpaired) electrons. The average molecular weight is 205 g/mol. The van der Waals surface area contributed by atoms with Crippen LogP contribution >= 0.6 is 0 Å². The van der Waals surface area contributed by atoms with E-state index in [1.807, 2.05) is 0 Å². The first kappa shape index (κ1) is 11.1. The SMILES string of the molecule is Cc1cccc(C(=O)O[C@H](C)C#N)c1O. The number of aromatic hydroxyl groups is 1. The van der Waals surface area contributed by atoms with E-state index in [1.54, 1.807) is 25.1 Å². The average Bonchev–Trinajstić information content (AvgIpc) is 2.21. The van der Waals surface area contributed by atoms with Crippen molar-refractivity contribution >= 4 is 5.97 Å². The topological polar surface area (TPSA) is 70.3 Å². The molecule has 0 amide bonds. The summed E-state index contributed by atoms with van der Waals surface area (Å²) in [5.74, 6) is -0.794. The van der Waals surface area contributed by atoms with Gasteiger partial charge in [-0.1, -0.05) is 12.1 Å². The van der Waals surface area contributed by atoms with Crippen LogP contribution in [0.2, 0.25) is 0 Å². The monoisotopic (exact) mass is 205 g/mol. The van der Waals surface area contributed by atoms with Crippen molar-refractivity contribution in [3.8, 4) is 11.8 Å².